The molecule has 2 aliphatic rings. The van der Waals surface area contributed by atoms with Gasteiger partial charge in [0.2, 0.25) is 5.91 Å². The number of aryl methyl sites for hydroxylation is 1. The molecule has 1 saturated heterocycles. The minimum Gasteiger partial charge on any atom is -0.372 e. The van der Waals surface area contributed by atoms with Gasteiger partial charge in [-0.3, -0.25) is 19.3 Å². The highest BCUT2D eigenvalue weighted by atomic mass is 16.5. The molecule has 3 amide bonds. The van der Waals surface area contributed by atoms with Crippen LogP contribution in [0, 0.1) is 6.92 Å². The molecule has 0 aliphatic carbocycles. The minimum atomic E-state index is -0.313. The zero-order valence-electron chi connectivity index (χ0n) is 14.2. The van der Waals surface area contributed by atoms with Crippen LogP contribution in [0.2, 0.25) is 0 Å². The highest BCUT2D eigenvalue weighted by Crippen LogP contribution is 2.24. The number of fused-ring (bicyclic) bond motifs is 1. The molecule has 24 heavy (non-hydrogen) atoms. The first kappa shape index (κ1) is 16.6. The maximum atomic E-state index is 12.4. The third-order valence-electron chi connectivity index (χ3n) is 4.45. The lowest BCUT2D eigenvalue weighted by Crippen LogP contribution is -2.49. The molecule has 0 N–H and O–H groups in total. The van der Waals surface area contributed by atoms with Gasteiger partial charge in [-0.2, -0.15) is 0 Å². The van der Waals surface area contributed by atoms with Crippen molar-refractivity contribution in [2.75, 3.05) is 19.6 Å². The van der Waals surface area contributed by atoms with E-state index in [1.54, 1.807) is 17.0 Å². The number of benzene rings is 1. The lowest BCUT2D eigenvalue weighted by molar-refractivity contribution is -0.143. The molecule has 2 unspecified atom stereocenters. The van der Waals surface area contributed by atoms with Crippen molar-refractivity contribution in [3.63, 3.8) is 0 Å². The Morgan fingerprint density at radius 1 is 1.12 bits per heavy atom. The molecular weight excluding hydrogens is 308 g/mol. The molecular formula is C18H22N2O4. The van der Waals surface area contributed by atoms with Crippen molar-refractivity contribution in [2.45, 2.75) is 39.4 Å². The van der Waals surface area contributed by atoms with Gasteiger partial charge in [-0.25, -0.2) is 0 Å². The summed E-state index contributed by atoms with van der Waals surface area (Å²) in [5.41, 5.74) is 1.79. The molecule has 0 spiro atoms. The monoisotopic (exact) mass is 330 g/mol. The van der Waals surface area contributed by atoms with Crippen LogP contribution in [-0.2, 0) is 9.53 Å². The highest BCUT2D eigenvalue weighted by Gasteiger charge is 2.36. The van der Waals surface area contributed by atoms with Gasteiger partial charge in [0, 0.05) is 26.1 Å². The third kappa shape index (κ3) is 3.06. The first-order valence-electron chi connectivity index (χ1n) is 8.27. The van der Waals surface area contributed by atoms with E-state index >= 15 is 0 Å². The second-order valence-electron chi connectivity index (χ2n) is 6.62. The van der Waals surface area contributed by atoms with E-state index in [9.17, 15) is 14.4 Å². The van der Waals surface area contributed by atoms with Crippen molar-refractivity contribution in [3.05, 3.63) is 34.9 Å². The summed E-state index contributed by atoms with van der Waals surface area (Å²) in [4.78, 5) is 40.1. The van der Waals surface area contributed by atoms with E-state index in [-0.39, 0.29) is 42.9 Å². The number of hydrogen-bond acceptors (Lipinski definition) is 4. The van der Waals surface area contributed by atoms with Crippen molar-refractivity contribution in [2.24, 2.45) is 0 Å². The molecule has 0 bridgehead atoms. The lowest BCUT2D eigenvalue weighted by Gasteiger charge is -2.35. The molecule has 2 atom stereocenters. The summed E-state index contributed by atoms with van der Waals surface area (Å²) in [6.45, 7) is 6.95. The fourth-order valence-electron chi connectivity index (χ4n) is 3.35. The first-order chi connectivity index (χ1) is 11.4. The number of carbonyl (C=O) groups is 3. The summed E-state index contributed by atoms with van der Waals surface area (Å²) in [5.74, 6) is -0.675. The second kappa shape index (κ2) is 6.36. The summed E-state index contributed by atoms with van der Waals surface area (Å²) in [7, 11) is 0. The van der Waals surface area contributed by atoms with Gasteiger partial charge in [-0.05, 0) is 32.9 Å². The lowest BCUT2D eigenvalue weighted by atomic mass is 10.1. The summed E-state index contributed by atoms with van der Waals surface area (Å²) < 4.78 is 5.62. The zero-order valence-corrected chi connectivity index (χ0v) is 14.2. The van der Waals surface area contributed by atoms with Crippen LogP contribution in [0.4, 0.5) is 0 Å². The van der Waals surface area contributed by atoms with Crippen LogP contribution in [0.25, 0.3) is 0 Å². The second-order valence-corrected chi connectivity index (χ2v) is 6.62. The fourth-order valence-corrected chi connectivity index (χ4v) is 3.35. The summed E-state index contributed by atoms with van der Waals surface area (Å²) in [6.07, 6.45) is 0.143. The smallest absolute Gasteiger partial charge is 0.261 e. The van der Waals surface area contributed by atoms with E-state index in [0.717, 1.165) is 5.56 Å². The van der Waals surface area contributed by atoms with Crippen LogP contribution in [0.15, 0.2) is 18.2 Å². The van der Waals surface area contributed by atoms with E-state index in [4.69, 9.17) is 4.74 Å². The summed E-state index contributed by atoms with van der Waals surface area (Å²) >= 11 is 0. The Bertz CT molecular complexity index is 690. The van der Waals surface area contributed by atoms with Crippen molar-refractivity contribution >= 4 is 17.7 Å². The van der Waals surface area contributed by atoms with Crippen LogP contribution >= 0.6 is 0 Å². The number of ether oxygens (including phenoxy) is 1. The van der Waals surface area contributed by atoms with E-state index in [2.05, 4.69) is 0 Å². The number of rotatable bonds is 3. The number of amides is 3. The molecule has 3 rings (SSSR count). The van der Waals surface area contributed by atoms with Gasteiger partial charge in [0.1, 0.15) is 0 Å². The van der Waals surface area contributed by atoms with Gasteiger partial charge in [0.25, 0.3) is 11.8 Å². The van der Waals surface area contributed by atoms with Crippen LogP contribution in [0.1, 0.15) is 46.5 Å². The quantitative estimate of drug-likeness (QED) is 0.790. The first-order valence-corrected chi connectivity index (χ1v) is 8.27. The largest absolute Gasteiger partial charge is 0.372 e. The minimum absolute atomic E-state index is 0.0000181. The predicted molar refractivity (Wildman–Crippen MR) is 87.8 cm³/mol. The molecule has 1 aromatic carbocycles. The molecule has 6 heteroatoms. The van der Waals surface area contributed by atoms with Crippen molar-refractivity contribution in [1.29, 1.82) is 0 Å². The fraction of sp³-hybridized carbons (Fsp3) is 0.500. The Morgan fingerprint density at radius 2 is 1.75 bits per heavy atom. The Balaban J connectivity index is 1.64. The Hall–Kier alpha value is -2.21. The van der Waals surface area contributed by atoms with Crippen LogP contribution < -0.4 is 0 Å². The van der Waals surface area contributed by atoms with Crippen LogP contribution in [0.5, 0.6) is 0 Å². The Morgan fingerprint density at radius 3 is 2.42 bits per heavy atom. The normalized spacial score (nSPS) is 23.6. The van der Waals surface area contributed by atoms with E-state index in [1.807, 2.05) is 26.8 Å². The standard InChI is InChI=1S/C18H22N2O4/c1-11-4-5-14-15(8-11)18(23)20(17(14)22)7-6-16(21)19-9-12(2)24-13(3)10-19/h4-5,8,12-13H,6-7,9-10H2,1-3H3. The number of hydrogen-bond donors (Lipinski definition) is 0. The Labute approximate surface area is 141 Å². The number of morpholine rings is 1. The summed E-state index contributed by atoms with van der Waals surface area (Å²) in [5, 5.41) is 0. The zero-order chi connectivity index (χ0) is 17.4. The van der Waals surface area contributed by atoms with Gasteiger partial charge in [-0.15, -0.1) is 0 Å². The third-order valence-corrected chi connectivity index (χ3v) is 4.45. The maximum absolute atomic E-state index is 12.4. The Kier molecular flexibility index (Phi) is 4.41. The van der Waals surface area contributed by atoms with Crippen molar-refractivity contribution in [3.8, 4) is 0 Å². The van der Waals surface area contributed by atoms with Gasteiger partial charge in [-0.1, -0.05) is 11.6 Å². The molecule has 2 heterocycles. The molecule has 0 aromatic heterocycles. The van der Waals surface area contributed by atoms with Crippen molar-refractivity contribution < 1.29 is 19.1 Å². The van der Waals surface area contributed by atoms with Crippen LogP contribution in [-0.4, -0.2) is 59.4 Å². The van der Waals surface area contributed by atoms with E-state index in [1.165, 1.54) is 4.90 Å². The number of imide groups is 1. The average molecular weight is 330 g/mol. The van der Waals surface area contributed by atoms with Gasteiger partial charge in [0.15, 0.2) is 0 Å². The molecule has 0 radical (unpaired) electrons. The summed E-state index contributed by atoms with van der Waals surface area (Å²) in [6, 6.07) is 5.22. The molecule has 2 aliphatic heterocycles. The predicted octanol–water partition coefficient (Wildman–Crippen LogP) is 1.62. The van der Waals surface area contributed by atoms with Crippen LogP contribution in [0.3, 0.4) is 0 Å². The van der Waals surface area contributed by atoms with Gasteiger partial charge >= 0.3 is 0 Å². The number of carbonyl (C=O) groups excluding carboxylic acids is 3. The van der Waals surface area contributed by atoms with Crippen molar-refractivity contribution in [1.82, 2.24) is 9.80 Å². The van der Waals surface area contributed by atoms with Gasteiger partial charge < -0.3 is 9.64 Å². The molecule has 128 valence electrons. The maximum Gasteiger partial charge on any atom is 0.261 e. The van der Waals surface area contributed by atoms with Gasteiger partial charge in [0.05, 0.1) is 23.3 Å². The van der Waals surface area contributed by atoms with E-state index < -0.39 is 0 Å². The topological polar surface area (TPSA) is 66.9 Å². The average Bonchev–Trinajstić information content (AvgIpc) is 2.75. The molecule has 6 nitrogen and oxygen atoms in total. The SMILES string of the molecule is Cc1ccc2c(c1)C(=O)N(CCC(=O)N1CC(C)OC(C)C1)C2=O. The molecule has 1 aromatic rings. The highest BCUT2D eigenvalue weighted by molar-refractivity contribution is 6.21. The molecule has 0 saturated carbocycles. The van der Waals surface area contributed by atoms with E-state index in [0.29, 0.717) is 24.2 Å². The number of nitrogens with zero attached hydrogens (tertiary/aromatic N) is 2. The molecule has 1 fully saturated rings.